The molecule has 76 valence electrons. The van der Waals surface area contributed by atoms with E-state index in [1.807, 2.05) is 0 Å². The molecule has 3 nitrogen and oxygen atoms in total. The van der Waals surface area contributed by atoms with Crippen LogP contribution in [0.3, 0.4) is 0 Å². The average molecular weight is 197 g/mol. The second-order valence-corrected chi connectivity index (χ2v) is 2.93. The number of nitrogen functional groups attached to an aromatic ring is 1. The Morgan fingerprint density at radius 1 is 1.57 bits per heavy atom. The zero-order valence-electron chi connectivity index (χ0n) is 7.92. The Morgan fingerprint density at radius 3 is 2.86 bits per heavy atom. The molecule has 0 radical (unpaired) electrons. The normalized spacial score (nSPS) is 9.86. The molecule has 0 bridgehead atoms. The fourth-order valence-corrected chi connectivity index (χ4v) is 1.07. The van der Waals surface area contributed by atoms with Crippen LogP contribution in [0.1, 0.15) is 12.0 Å². The number of hydrogen-bond acceptors (Lipinski definition) is 3. The van der Waals surface area contributed by atoms with Crippen LogP contribution in [0.15, 0.2) is 18.2 Å². The molecule has 0 aliphatic rings. The van der Waals surface area contributed by atoms with Crippen LogP contribution in [0.5, 0.6) is 0 Å². The summed E-state index contributed by atoms with van der Waals surface area (Å²) in [5.74, 6) is -0.755. The molecule has 0 unspecified atom stereocenters. The summed E-state index contributed by atoms with van der Waals surface area (Å²) in [6.07, 6.45) is 0.712. The van der Waals surface area contributed by atoms with Crippen molar-refractivity contribution in [2.45, 2.75) is 12.8 Å². The van der Waals surface area contributed by atoms with Gasteiger partial charge in [0.15, 0.2) is 0 Å². The lowest BCUT2D eigenvalue weighted by Gasteiger charge is -2.02. The molecule has 0 fully saturated rings. The van der Waals surface area contributed by atoms with Crippen molar-refractivity contribution in [3.05, 3.63) is 29.6 Å². The number of aryl methyl sites for hydroxylation is 1. The third-order valence-electron chi connectivity index (χ3n) is 1.91. The van der Waals surface area contributed by atoms with Crippen LogP contribution >= 0.6 is 0 Å². The Hall–Kier alpha value is -1.58. The first kappa shape index (κ1) is 10.5. The van der Waals surface area contributed by atoms with E-state index in [0.29, 0.717) is 6.42 Å². The lowest BCUT2D eigenvalue weighted by atomic mass is 10.1. The maximum Gasteiger partial charge on any atom is 0.305 e. The van der Waals surface area contributed by atoms with E-state index in [2.05, 4.69) is 4.74 Å². The summed E-state index contributed by atoms with van der Waals surface area (Å²) in [6, 6.07) is 4.52. The van der Waals surface area contributed by atoms with Gasteiger partial charge in [-0.2, -0.15) is 0 Å². The molecule has 0 aliphatic carbocycles. The standard InChI is InChI=1S/C10H12FNO2/c1-14-10(13)5-3-7-2-4-9(12)8(11)6-7/h2,4,6H,3,5,12H2,1H3. The first-order valence-corrected chi connectivity index (χ1v) is 4.24. The largest absolute Gasteiger partial charge is 0.469 e. The lowest BCUT2D eigenvalue weighted by Crippen LogP contribution is -2.02. The molecule has 1 aromatic rings. The maximum atomic E-state index is 12.9. The highest BCUT2D eigenvalue weighted by Crippen LogP contribution is 2.13. The third kappa shape index (κ3) is 2.73. The fourth-order valence-electron chi connectivity index (χ4n) is 1.07. The Morgan fingerprint density at radius 2 is 2.29 bits per heavy atom. The van der Waals surface area contributed by atoms with Crippen LogP contribution in [0.25, 0.3) is 0 Å². The molecular weight excluding hydrogens is 185 g/mol. The van der Waals surface area contributed by atoms with E-state index in [4.69, 9.17) is 5.73 Å². The Bertz CT molecular complexity index is 339. The number of halogens is 1. The second kappa shape index (κ2) is 4.60. The summed E-state index contributed by atoms with van der Waals surface area (Å²) < 4.78 is 17.4. The first-order valence-electron chi connectivity index (χ1n) is 4.24. The van der Waals surface area contributed by atoms with Gasteiger partial charge in [-0.1, -0.05) is 6.07 Å². The summed E-state index contributed by atoms with van der Waals surface area (Å²) in [5.41, 5.74) is 6.16. The minimum atomic E-state index is -0.452. The van der Waals surface area contributed by atoms with Crippen LogP contribution < -0.4 is 5.73 Å². The van der Waals surface area contributed by atoms with Gasteiger partial charge in [-0.3, -0.25) is 4.79 Å². The van der Waals surface area contributed by atoms with Crippen molar-refractivity contribution >= 4 is 11.7 Å². The Balaban J connectivity index is 2.60. The van der Waals surface area contributed by atoms with Crippen LogP contribution in [-0.4, -0.2) is 13.1 Å². The van der Waals surface area contributed by atoms with E-state index in [0.717, 1.165) is 5.56 Å². The predicted molar refractivity (Wildman–Crippen MR) is 51.1 cm³/mol. The number of esters is 1. The van der Waals surface area contributed by atoms with Crippen LogP contribution in [0.4, 0.5) is 10.1 Å². The zero-order valence-corrected chi connectivity index (χ0v) is 7.92. The summed E-state index contributed by atoms with van der Waals surface area (Å²) in [5, 5.41) is 0. The van der Waals surface area contributed by atoms with E-state index in [1.165, 1.54) is 19.2 Å². The van der Waals surface area contributed by atoms with Crippen molar-refractivity contribution in [3.63, 3.8) is 0 Å². The average Bonchev–Trinajstić information content (AvgIpc) is 2.19. The number of benzene rings is 1. The highest BCUT2D eigenvalue weighted by Gasteiger charge is 2.03. The highest BCUT2D eigenvalue weighted by molar-refractivity contribution is 5.69. The van der Waals surface area contributed by atoms with Gasteiger partial charge in [-0.25, -0.2) is 4.39 Å². The number of nitrogens with two attached hydrogens (primary N) is 1. The number of carbonyl (C=O) groups is 1. The molecule has 0 saturated heterocycles. The van der Waals surface area contributed by atoms with Gasteiger partial charge in [0.2, 0.25) is 0 Å². The van der Waals surface area contributed by atoms with Gasteiger partial charge < -0.3 is 10.5 Å². The minimum absolute atomic E-state index is 0.117. The smallest absolute Gasteiger partial charge is 0.305 e. The van der Waals surface area contributed by atoms with Crippen molar-refractivity contribution < 1.29 is 13.9 Å². The van der Waals surface area contributed by atoms with E-state index in [9.17, 15) is 9.18 Å². The first-order chi connectivity index (χ1) is 6.63. The summed E-state index contributed by atoms with van der Waals surface area (Å²) >= 11 is 0. The molecule has 0 atom stereocenters. The molecule has 0 aliphatic heterocycles. The van der Waals surface area contributed by atoms with Gasteiger partial charge in [0.25, 0.3) is 0 Å². The second-order valence-electron chi connectivity index (χ2n) is 2.93. The van der Waals surface area contributed by atoms with Crippen molar-refractivity contribution in [3.8, 4) is 0 Å². The number of anilines is 1. The number of carbonyl (C=O) groups excluding carboxylic acids is 1. The number of ether oxygens (including phenoxy) is 1. The quantitative estimate of drug-likeness (QED) is 0.590. The summed E-state index contributed by atoms with van der Waals surface area (Å²) in [6.45, 7) is 0. The maximum absolute atomic E-state index is 12.9. The number of rotatable bonds is 3. The van der Waals surface area contributed by atoms with Gasteiger partial charge in [0.1, 0.15) is 5.82 Å². The monoisotopic (exact) mass is 197 g/mol. The van der Waals surface area contributed by atoms with Gasteiger partial charge in [-0.15, -0.1) is 0 Å². The molecule has 0 spiro atoms. The van der Waals surface area contributed by atoms with Crippen molar-refractivity contribution in [2.24, 2.45) is 0 Å². The summed E-state index contributed by atoms with van der Waals surface area (Å²) in [7, 11) is 1.33. The number of methoxy groups -OCH3 is 1. The van der Waals surface area contributed by atoms with E-state index in [-0.39, 0.29) is 18.1 Å². The van der Waals surface area contributed by atoms with Crippen molar-refractivity contribution in [2.75, 3.05) is 12.8 Å². The molecule has 0 amide bonds. The van der Waals surface area contributed by atoms with Gasteiger partial charge >= 0.3 is 5.97 Å². The SMILES string of the molecule is COC(=O)CCc1ccc(N)c(F)c1. The van der Waals surface area contributed by atoms with Crippen molar-refractivity contribution in [1.29, 1.82) is 0 Å². The molecular formula is C10H12FNO2. The van der Waals surface area contributed by atoms with Gasteiger partial charge in [-0.05, 0) is 24.1 Å². The minimum Gasteiger partial charge on any atom is -0.469 e. The molecule has 2 N–H and O–H groups in total. The molecule has 14 heavy (non-hydrogen) atoms. The third-order valence-corrected chi connectivity index (χ3v) is 1.91. The molecule has 0 saturated carbocycles. The van der Waals surface area contributed by atoms with Crippen LogP contribution in [0.2, 0.25) is 0 Å². The van der Waals surface area contributed by atoms with Gasteiger partial charge in [0, 0.05) is 6.42 Å². The summed E-state index contributed by atoms with van der Waals surface area (Å²) in [4.78, 5) is 10.8. The molecule has 0 aromatic heterocycles. The topological polar surface area (TPSA) is 52.3 Å². The van der Waals surface area contributed by atoms with Gasteiger partial charge in [0.05, 0.1) is 12.8 Å². The Labute approximate surface area is 81.7 Å². The highest BCUT2D eigenvalue weighted by atomic mass is 19.1. The fraction of sp³-hybridized carbons (Fsp3) is 0.300. The Kier molecular flexibility index (Phi) is 3.45. The molecule has 1 rings (SSSR count). The van der Waals surface area contributed by atoms with Crippen LogP contribution in [0, 0.1) is 5.82 Å². The molecule has 0 heterocycles. The van der Waals surface area contributed by atoms with E-state index < -0.39 is 5.82 Å². The van der Waals surface area contributed by atoms with Crippen molar-refractivity contribution in [1.82, 2.24) is 0 Å². The predicted octanol–water partition coefficient (Wildman–Crippen LogP) is 1.51. The molecule has 1 aromatic carbocycles. The van der Waals surface area contributed by atoms with E-state index in [1.54, 1.807) is 6.07 Å². The van der Waals surface area contributed by atoms with Crippen LogP contribution in [-0.2, 0) is 16.0 Å². The lowest BCUT2D eigenvalue weighted by molar-refractivity contribution is -0.140. The van der Waals surface area contributed by atoms with E-state index >= 15 is 0 Å². The zero-order chi connectivity index (χ0) is 10.6. The molecule has 4 heteroatoms. The number of hydrogen-bond donors (Lipinski definition) is 1.